The number of ether oxygens (including phenoxy) is 1. The molecule has 0 aliphatic rings. The van der Waals surface area contributed by atoms with Crippen LogP contribution >= 0.6 is 23.2 Å². The number of hydrogen-bond donors (Lipinski definition) is 1. The molecule has 2 unspecified atom stereocenters. The highest BCUT2D eigenvalue weighted by Crippen LogP contribution is 2.29. The predicted octanol–water partition coefficient (Wildman–Crippen LogP) is 6.39. The summed E-state index contributed by atoms with van der Waals surface area (Å²) in [5.74, 6) is 1.45. The van der Waals surface area contributed by atoms with Gasteiger partial charge in [-0.05, 0) is 49.1 Å². The third kappa shape index (κ3) is 5.05. The molecule has 0 radical (unpaired) electrons. The van der Waals surface area contributed by atoms with Crippen molar-refractivity contribution in [3.8, 4) is 5.75 Å². The first-order valence-corrected chi connectivity index (χ1v) is 8.71. The summed E-state index contributed by atoms with van der Waals surface area (Å²) in [7, 11) is 0. The Bertz CT molecular complexity index is 645. The lowest BCUT2D eigenvalue weighted by Crippen LogP contribution is -2.23. The summed E-state index contributed by atoms with van der Waals surface area (Å²) in [6.07, 6.45) is 1.13. The molecule has 2 atom stereocenters. The van der Waals surface area contributed by atoms with Crippen molar-refractivity contribution in [3.05, 3.63) is 58.1 Å². The van der Waals surface area contributed by atoms with Gasteiger partial charge in [0.25, 0.3) is 0 Å². The van der Waals surface area contributed by atoms with E-state index < -0.39 is 0 Å². The van der Waals surface area contributed by atoms with E-state index in [1.54, 1.807) is 6.07 Å². The number of halogens is 2. The van der Waals surface area contributed by atoms with Crippen LogP contribution in [-0.2, 0) is 0 Å². The molecule has 4 heteroatoms. The van der Waals surface area contributed by atoms with Crippen LogP contribution in [0, 0.1) is 0 Å². The average Bonchev–Trinajstić information content (AvgIpc) is 2.55. The minimum absolute atomic E-state index is 0.0367. The third-order valence-corrected chi connectivity index (χ3v) is 4.64. The van der Waals surface area contributed by atoms with E-state index in [1.165, 1.54) is 5.56 Å². The van der Waals surface area contributed by atoms with Crippen LogP contribution in [0.15, 0.2) is 42.5 Å². The molecule has 0 fully saturated rings. The van der Waals surface area contributed by atoms with Crippen molar-refractivity contribution >= 4 is 28.9 Å². The van der Waals surface area contributed by atoms with Crippen LogP contribution in [0.5, 0.6) is 5.75 Å². The second-order valence-corrected chi connectivity index (χ2v) is 6.60. The smallest absolute Gasteiger partial charge is 0.123 e. The van der Waals surface area contributed by atoms with Crippen LogP contribution in [-0.4, -0.2) is 12.6 Å². The Hall–Kier alpha value is -1.38. The Kier molecular flexibility index (Phi) is 6.61. The number of nitrogens with one attached hydrogen (secondary N) is 1. The normalized spacial score (nSPS) is 13.4. The van der Waals surface area contributed by atoms with E-state index in [-0.39, 0.29) is 6.10 Å². The number of hydrogen-bond acceptors (Lipinski definition) is 2. The molecule has 124 valence electrons. The van der Waals surface area contributed by atoms with Crippen molar-refractivity contribution in [2.75, 3.05) is 11.9 Å². The van der Waals surface area contributed by atoms with E-state index in [0.29, 0.717) is 22.5 Å². The molecule has 2 aromatic rings. The molecule has 2 aromatic carbocycles. The van der Waals surface area contributed by atoms with E-state index in [4.69, 9.17) is 27.9 Å². The molecule has 0 spiro atoms. The van der Waals surface area contributed by atoms with E-state index in [2.05, 4.69) is 38.2 Å². The molecule has 0 bridgehead atoms. The fourth-order valence-electron chi connectivity index (χ4n) is 2.34. The molecule has 2 nitrogen and oxygen atoms in total. The largest absolute Gasteiger partial charge is 0.489 e. The molecule has 0 heterocycles. The van der Waals surface area contributed by atoms with Crippen molar-refractivity contribution in [2.45, 2.75) is 39.2 Å². The van der Waals surface area contributed by atoms with E-state index in [1.807, 2.05) is 24.3 Å². The molecular formula is C19H23Cl2NO. The van der Waals surface area contributed by atoms with E-state index in [0.717, 1.165) is 17.9 Å². The fourth-order valence-corrected chi connectivity index (χ4v) is 2.64. The summed E-state index contributed by atoms with van der Waals surface area (Å²) >= 11 is 12.0. The first-order valence-electron chi connectivity index (χ1n) is 7.95. The second kappa shape index (κ2) is 8.47. The quantitative estimate of drug-likeness (QED) is 0.624. The number of benzene rings is 2. The third-order valence-electron chi connectivity index (χ3n) is 3.90. The summed E-state index contributed by atoms with van der Waals surface area (Å²) in [5, 5.41) is 4.44. The van der Waals surface area contributed by atoms with Crippen molar-refractivity contribution in [3.63, 3.8) is 0 Å². The topological polar surface area (TPSA) is 21.3 Å². The van der Waals surface area contributed by atoms with Crippen LogP contribution in [0.1, 0.15) is 38.7 Å². The van der Waals surface area contributed by atoms with Gasteiger partial charge in [0.15, 0.2) is 0 Å². The Balaban J connectivity index is 1.97. The van der Waals surface area contributed by atoms with Crippen molar-refractivity contribution in [2.24, 2.45) is 0 Å². The maximum Gasteiger partial charge on any atom is 0.123 e. The predicted molar refractivity (Wildman–Crippen MR) is 100 cm³/mol. The van der Waals surface area contributed by atoms with Gasteiger partial charge in [0.1, 0.15) is 11.9 Å². The van der Waals surface area contributed by atoms with Crippen LogP contribution in [0.3, 0.4) is 0 Å². The average molecular weight is 352 g/mol. The SMILES string of the molecule is CCC(C)c1ccccc1OC(C)CNc1ccc(Cl)c(Cl)c1. The summed E-state index contributed by atoms with van der Waals surface area (Å²) in [6.45, 7) is 7.16. The van der Waals surface area contributed by atoms with Gasteiger partial charge < -0.3 is 10.1 Å². The summed E-state index contributed by atoms with van der Waals surface area (Å²) in [6, 6.07) is 13.8. The van der Waals surface area contributed by atoms with Crippen LogP contribution in [0.2, 0.25) is 10.0 Å². The minimum atomic E-state index is 0.0367. The molecule has 23 heavy (non-hydrogen) atoms. The Morgan fingerprint density at radius 3 is 2.48 bits per heavy atom. The zero-order valence-corrected chi connectivity index (χ0v) is 15.3. The zero-order valence-electron chi connectivity index (χ0n) is 13.8. The lowest BCUT2D eigenvalue weighted by Gasteiger charge is -2.20. The van der Waals surface area contributed by atoms with Crippen molar-refractivity contribution in [1.82, 2.24) is 0 Å². The molecule has 0 aromatic heterocycles. The molecule has 0 saturated carbocycles. The second-order valence-electron chi connectivity index (χ2n) is 5.79. The van der Waals surface area contributed by atoms with Crippen molar-refractivity contribution in [1.29, 1.82) is 0 Å². The highest BCUT2D eigenvalue weighted by molar-refractivity contribution is 6.42. The van der Waals surface area contributed by atoms with Crippen LogP contribution in [0.25, 0.3) is 0 Å². The fraction of sp³-hybridized carbons (Fsp3) is 0.368. The summed E-state index contributed by atoms with van der Waals surface area (Å²) < 4.78 is 6.12. The van der Waals surface area contributed by atoms with Gasteiger partial charge in [0, 0.05) is 5.69 Å². The number of anilines is 1. The first-order chi connectivity index (χ1) is 11.0. The highest BCUT2D eigenvalue weighted by atomic mass is 35.5. The standard InChI is InChI=1S/C19H23Cl2NO/c1-4-13(2)16-7-5-6-8-19(16)23-14(3)12-22-15-9-10-17(20)18(21)11-15/h5-11,13-14,22H,4,12H2,1-3H3. The number of rotatable bonds is 7. The molecule has 0 amide bonds. The van der Waals surface area contributed by atoms with Crippen LogP contribution < -0.4 is 10.1 Å². The minimum Gasteiger partial charge on any atom is -0.489 e. The monoisotopic (exact) mass is 351 g/mol. The van der Waals surface area contributed by atoms with Gasteiger partial charge in [0.05, 0.1) is 16.6 Å². The maximum atomic E-state index is 6.12. The maximum absolute atomic E-state index is 6.12. The van der Waals surface area contributed by atoms with Gasteiger partial charge >= 0.3 is 0 Å². The lowest BCUT2D eigenvalue weighted by atomic mass is 9.98. The lowest BCUT2D eigenvalue weighted by molar-refractivity contribution is 0.231. The summed E-state index contributed by atoms with van der Waals surface area (Å²) in [4.78, 5) is 0. The van der Waals surface area contributed by atoms with Gasteiger partial charge in [-0.2, -0.15) is 0 Å². The van der Waals surface area contributed by atoms with E-state index >= 15 is 0 Å². The Labute approximate surface area is 148 Å². The van der Waals surface area contributed by atoms with Gasteiger partial charge in [-0.25, -0.2) is 0 Å². The molecule has 2 rings (SSSR count). The summed E-state index contributed by atoms with van der Waals surface area (Å²) in [5.41, 5.74) is 2.20. The van der Waals surface area contributed by atoms with Crippen LogP contribution in [0.4, 0.5) is 5.69 Å². The molecule has 0 saturated heterocycles. The Morgan fingerprint density at radius 1 is 1.04 bits per heavy atom. The van der Waals surface area contributed by atoms with Gasteiger partial charge in [-0.3, -0.25) is 0 Å². The molecule has 0 aliphatic heterocycles. The van der Waals surface area contributed by atoms with Gasteiger partial charge in [-0.1, -0.05) is 55.2 Å². The first kappa shape index (κ1) is 18.0. The van der Waals surface area contributed by atoms with Gasteiger partial charge in [0.2, 0.25) is 0 Å². The highest BCUT2D eigenvalue weighted by Gasteiger charge is 2.12. The number of para-hydroxylation sites is 1. The van der Waals surface area contributed by atoms with Gasteiger partial charge in [-0.15, -0.1) is 0 Å². The molecular weight excluding hydrogens is 329 g/mol. The molecule has 0 aliphatic carbocycles. The zero-order chi connectivity index (χ0) is 16.8. The molecule has 1 N–H and O–H groups in total. The van der Waals surface area contributed by atoms with Crippen molar-refractivity contribution < 1.29 is 4.74 Å². The van der Waals surface area contributed by atoms with E-state index in [9.17, 15) is 0 Å². The Morgan fingerprint density at radius 2 is 1.78 bits per heavy atom.